The molecule has 0 bridgehead atoms. The van der Waals surface area contributed by atoms with E-state index in [2.05, 4.69) is 10.3 Å². The highest BCUT2D eigenvalue weighted by Gasteiger charge is 2.16. The minimum Gasteiger partial charge on any atom is -0.340 e. The summed E-state index contributed by atoms with van der Waals surface area (Å²) in [7, 11) is 0. The van der Waals surface area contributed by atoms with E-state index in [9.17, 15) is 4.79 Å². The smallest absolute Gasteiger partial charge is 0.228 e. The lowest BCUT2D eigenvalue weighted by Crippen LogP contribution is -2.47. The first kappa shape index (κ1) is 12.9. The molecule has 0 spiro atoms. The van der Waals surface area contributed by atoms with Crippen molar-refractivity contribution in [3.63, 3.8) is 0 Å². The van der Waals surface area contributed by atoms with Crippen molar-refractivity contribution in [2.45, 2.75) is 6.42 Å². The first-order chi connectivity index (χ1) is 7.36. The van der Waals surface area contributed by atoms with E-state index < -0.39 is 0 Å². The molecule has 88 valence electrons. The number of aromatic nitrogens is 1. The Morgan fingerprint density at radius 1 is 1.38 bits per heavy atom. The number of carbonyl (C=O) groups is 1. The molecule has 1 saturated heterocycles. The van der Waals surface area contributed by atoms with Gasteiger partial charge in [0.05, 0.1) is 6.42 Å². The number of nitrogens with zero attached hydrogens (tertiary/aromatic N) is 2. The van der Waals surface area contributed by atoms with Crippen LogP contribution in [-0.2, 0) is 11.2 Å². The predicted molar refractivity (Wildman–Crippen MR) is 64.6 cm³/mol. The van der Waals surface area contributed by atoms with Crippen LogP contribution >= 0.6 is 12.4 Å². The zero-order valence-corrected chi connectivity index (χ0v) is 9.87. The fourth-order valence-electron chi connectivity index (χ4n) is 1.68. The molecular weight excluding hydrogens is 226 g/mol. The van der Waals surface area contributed by atoms with E-state index in [-0.39, 0.29) is 18.3 Å². The molecule has 0 unspecified atom stereocenters. The number of amides is 1. The SMILES string of the molecule is Cl.O=C(Cc1ccccn1)N1CCNCC1. The molecule has 1 aliphatic rings. The fraction of sp³-hybridized carbons (Fsp3) is 0.455. The molecule has 2 rings (SSSR count). The lowest BCUT2D eigenvalue weighted by molar-refractivity contribution is -0.131. The van der Waals surface area contributed by atoms with Gasteiger partial charge in [-0.3, -0.25) is 9.78 Å². The Hall–Kier alpha value is -1.13. The largest absolute Gasteiger partial charge is 0.340 e. The van der Waals surface area contributed by atoms with Gasteiger partial charge in [-0.25, -0.2) is 0 Å². The van der Waals surface area contributed by atoms with Gasteiger partial charge >= 0.3 is 0 Å². The van der Waals surface area contributed by atoms with Crippen molar-refractivity contribution in [2.75, 3.05) is 26.2 Å². The number of hydrogen-bond donors (Lipinski definition) is 1. The molecule has 1 aliphatic heterocycles. The molecule has 2 heterocycles. The number of nitrogens with one attached hydrogen (secondary N) is 1. The molecule has 4 nitrogen and oxygen atoms in total. The summed E-state index contributed by atoms with van der Waals surface area (Å²) >= 11 is 0. The van der Waals surface area contributed by atoms with Crippen LogP contribution in [0, 0.1) is 0 Å². The Kier molecular flexibility index (Phi) is 5.22. The standard InChI is InChI=1S/C11H15N3O.ClH/c15-11(14-7-5-12-6-8-14)9-10-3-1-2-4-13-10;/h1-4,12H,5-9H2;1H. The molecule has 0 aliphatic carbocycles. The molecule has 1 N–H and O–H groups in total. The first-order valence-electron chi connectivity index (χ1n) is 5.24. The van der Waals surface area contributed by atoms with Crippen LogP contribution in [0.5, 0.6) is 0 Å². The first-order valence-corrected chi connectivity index (χ1v) is 5.24. The van der Waals surface area contributed by atoms with Crippen LogP contribution < -0.4 is 5.32 Å². The molecular formula is C11H16ClN3O. The molecule has 1 amide bonds. The third-order valence-corrected chi connectivity index (χ3v) is 2.53. The molecule has 5 heteroatoms. The number of rotatable bonds is 2. The van der Waals surface area contributed by atoms with Crippen LogP contribution in [0.15, 0.2) is 24.4 Å². The van der Waals surface area contributed by atoms with E-state index in [1.54, 1.807) is 6.20 Å². The molecule has 16 heavy (non-hydrogen) atoms. The Morgan fingerprint density at radius 2 is 2.12 bits per heavy atom. The molecule has 0 atom stereocenters. The van der Waals surface area contributed by atoms with E-state index in [0.717, 1.165) is 31.9 Å². The summed E-state index contributed by atoms with van der Waals surface area (Å²) in [4.78, 5) is 17.9. The van der Waals surface area contributed by atoms with Crippen LogP contribution in [0.2, 0.25) is 0 Å². The second-order valence-corrected chi connectivity index (χ2v) is 3.63. The topological polar surface area (TPSA) is 45.2 Å². The van der Waals surface area contributed by atoms with Crippen molar-refractivity contribution in [1.82, 2.24) is 15.2 Å². The van der Waals surface area contributed by atoms with Crippen LogP contribution in [0.3, 0.4) is 0 Å². The molecule has 1 aromatic rings. The second-order valence-electron chi connectivity index (χ2n) is 3.63. The second kappa shape index (κ2) is 6.45. The number of hydrogen-bond acceptors (Lipinski definition) is 3. The monoisotopic (exact) mass is 241 g/mol. The van der Waals surface area contributed by atoms with Crippen molar-refractivity contribution < 1.29 is 4.79 Å². The zero-order valence-electron chi connectivity index (χ0n) is 9.06. The number of piperazine rings is 1. The van der Waals surface area contributed by atoms with Gasteiger partial charge in [-0.05, 0) is 12.1 Å². The van der Waals surface area contributed by atoms with Crippen LogP contribution in [0.25, 0.3) is 0 Å². The Morgan fingerprint density at radius 3 is 2.75 bits per heavy atom. The maximum Gasteiger partial charge on any atom is 0.228 e. The summed E-state index contributed by atoms with van der Waals surface area (Å²) in [5.41, 5.74) is 0.848. The molecule has 1 aromatic heterocycles. The summed E-state index contributed by atoms with van der Waals surface area (Å²) < 4.78 is 0. The summed E-state index contributed by atoms with van der Waals surface area (Å²) in [6.45, 7) is 3.42. The normalized spacial score (nSPS) is 15.4. The van der Waals surface area contributed by atoms with Crippen molar-refractivity contribution in [3.8, 4) is 0 Å². The highest BCUT2D eigenvalue weighted by atomic mass is 35.5. The van der Waals surface area contributed by atoms with Crippen molar-refractivity contribution in [2.24, 2.45) is 0 Å². The van der Waals surface area contributed by atoms with E-state index in [4.69, 9.17) is 0 Å². The quantitative estimate of drug-likeness (QED) is 0.819. The Labute approximate surface area is 101 Å². The third kappa shape index (κ3) is 3.47. The van der Waals surface area contributed by atoms with Gasteiger partial charge in [-0.2, -0.15) is 0 Å². The summed E-state index contributed by atoms with van der Waals surface area (Å²) in [6.07, 6.45) is 2.14. The summed E-state index contributed by atoms with van der Waals surface area (Å²) in [6, 6.07) is 5.66. The molecule has 0 radical (unpaired) electrons. The zero-order chi connectivity index (χ0) is 10.5. The maximum atomic E-state index is 11.8. The average molecular weight is 242 g/mol. The van der Waals surface area contributed by atoms with Crippen molar-refractivity contribution >= 4 is 18.3 Å². The van der Waals surface area contributed by atoms with Gasteiger partial charge in [-0.15, -0.1) is 12.4 Å². The average Bonchev–Trinajstić information content (AvgIpc) is 2.31. The van der Waals surface area contributed by atoms with Gasteiger partial charge in [0.1, 0.15) is 0 Å². The van der Waals surface area contributed by atoms with Crippen molar-refractivity contribution in [1.29, 1.82) is 0 Å². The van der Waals surface area contributed by atoms with Crippen LogP contribution in [-0.4, -0.2) is 42.0 Å². The lowest BCUT2D eigenvalue weighted by atomic mass is 10.2. The lowest BCUT2D eigenvalue weighted by Gasteiger charge is -2.27. The van der Waals surface area contributed by atoms with Gasteiger partial charge in [0, 0.05) is 38.1 Å². The number of pyridine rings is 1. The number of halogens is 1. The molecule has 0 saturated carbocycles. The summed E-state index contributed by atoms with van der Waals surface area (Å²) in [5.74, 6) is 0.176. The fourth-order valence-corrected chi connectivity index (χ4v) is 1.68. The Balaban J connectivity index is 0.00000128. The van der Waals surface area contributed by atoms with Gasteiger partial charge in [0.25, 0.3) is 0 Å². The van der Waals surface area contributed by atoms with Crippen molar-refractivity contribution in [3.05, 3.63) is 30.1 Å². The van der Waals surface area contributed by atoms with Gasteiger partial charge in [-0.1, -0.05) is 6.07 Å². The minimum atomic E-state index is 0. The highest BCUT2D eigenvalue weighted by molar-refractivity contribution is 5.85. The van der Waals surface area contributed by atoms with Crippen LogP contribution in [0.4, 0.5) is 0 Å². The minimum absolute atomic E-state index is 0. The van der Waals surface area contributed by atoms with E-state index in [1.807, 2.05) is 23.1 Å². The van der Waals surface area contributed by atoms with Gasteiger partial charge in [0.2, 0.25) is 5.91 Å². The van der Waals surface area contributed by atoms with E-state index in [1.165, 1.54) is 0 Å². The van der Waals surface area contributed by atoms with E-state index in [0.29, 0.717) is 6.42 Å². The van der Waals surface area contributed by atoms with Crippen LogP contribution in [0.1, 0.15) is 5.69 Å². The third-order valence-electron chi connectivity index (χ3n) is 2.53. The highest BCUT2D eigenvalue weighted by Crippen LogP contribution is 2.00. The molecule has 1 fully saturated rings. The van der Waals surface area contributed by atoms with Gasteiger partial charge < -0.3 is 10.2 Å². The maximum absolute atomic E-state index is 11.8. The number of carbonyl (C=O) groups excluding carboxylic acids is 1. The predicted octanol–water partition coefficient (Wildman–Crippen LogP) is 0.478. The molecule has 0 aromatic carbocycles. The Bertz CT molecular complexity index is 325. The van der Waals surface area contributed by atoms with Gasteiger partial charge in [0.15, 0.2) is 0 Å². The van der Waals surface area contributed by atoms with E-state index >= 15 is 0 Å². The summed E-state index contributed by atoms with van der Waals surface area (Å²) in [5, 5.41) is 3.22.